The number of hydrogen-bond acceptors (Lipinski definition) is 4. The zero-order chi connectivity index (χ0) is 17.7. The maximum absolute atomic E-state index is 11.9. The summed E-state index contributed by atoms with van der Waals surface area (Å²) in [6.45, 7) is 1.37. The smallest absolute Gasteiger partial charge is 0.342 e. The molecule has 1 atom stereocenters. The monoisotopic (exact) mass is 411 g/mol. The van der Waals surface area contributed by atoms with Crippen LogP contribution in [0.2, 0.25) is 5.02 Å². The predicted octanol–water partition coefficient (Wildman–Crippen LogP) is 3.84. The second-order valence-electron chi connectivity index (χ2n) is 5.08. The van der Waals surface area contributed by atoms with Gasteiger partial charge in [0, 0.05) is 9.50 Å². The molecule has 5 nitrogen and oxygen atoms in total. The van der Waals surface area contributed by atoms with Gasteiger partial charge in [-0.15, -0.1) is 0 Å². The van der Waals surface area contributed by atoms with Crippen molar-refractivity contribution in [2.24, 2.45) is 0 Å². The Morgan fingerprint density at radius 2 is 1.92 bits per heavy atom. The van der Waals surface area contributed by atoms with E-state index in [-0.39, 0.29) is 17.4 Å². The normalized spacial score (nSPS) is 11.6. The average molecular weight is 413 g/mol. The van der Waals surface area contributed by atoms with Crippen LogP contribution in [0.5, 0.6) is 5.75 Å². The molecule has 0 aromatic heterocycles. The Bertz CT molecular complexity index is 749. The van der Waals surface area contributed by atoms with Gasteiger partial charge in [0.05, 0.1) is 6.04 Å². The van der Waals surface area contributed by atoms with Crippen molar-refractivity contribution in [1.82, 2.24) is 5.32 Å². The van der Waals surface area contributed by atoms with Gasteiger partial charge in [-0.05, 0) is 42.8 Å². The minimum absolute atomic E-state index is 0.0112. The maximum Gasteiger partial charge on any atom is 0.342 e. The van der Waals surface area contributed by atoms with E-state index in [2.05, 4.69) is 21.2 Å². The quantitative estimate of drug-likeness (QED) is 0.732. The van der Waals surface area contributed by atoms with Gasteiger partial charge in [-0.3, -0.25) is 4.79 Å². The lowest BCUT2D eigenvalue weighted by molar-refractivity contribution is -0.124. The zero-order valence-corrected chi connectivity index (χ0v) is 15.1. The molecule has 1 amide bonds. The number of hydrogen-bond donors (Lipinski definition) is 2. The number of carbonyl (C=O) groups is 2. The third kappa shape index (κ3) is 4.97. The van der Waals surface area contributed by atoms with E-state index >= 15 is 0 Å². The van der Waals surface area contributed by atoms with E-state index in [4.69, 9.17) is 16.3 Å². The Kier molecular flexibility index (Phi) is 6.23. The number of aromatic hydroxyl groups is 1. The summed E-state index contributed by atoms with van der Waals surface area (Å²) in [5, 5.41) is 13.0. The highest BCUT2D eigenvalue weighted by atomic mass is 79.9. The molecule has 0 saturated heterocycles. The molecule has 2 N–H and O–H groups in total. The first kappa shape index (κ1) is 18.3. The fourth-order valence-electron chi connectivity index (χ4n) is 2.00. The van der Waals surface area contributed by atoms with Crippen LogP contribution < -0.4 is 5.32 Å². The van der Waals surface area contributed by atoms with Gasteiger partial charge in [0.1, 0.15) is 11.3 Å². The summed E-state index contributed by atoms with van der Waals surface area (Å²) in [6.07, 6.45) is 0. The molecule has 2 aromatic carbocycles. The van der Waals surface area contributed by atoms with Crippen LogP contribution in [0.4, 0.5) is 0 Å². The van der Waals surface area contributed by atoms with Crippen molar-refractivity contribution in [2.75, 3.05) is 6.61 Å². The van der Waals surface area contributed by atoms with E-state index < -0.39 is 18.5 Å². The van der Waals surface area contributed by atoms with Crippen molar-refractivity contribution in [3.8, 4) is 5.75 Å². The number of amides is 1. The third-order valence-electron chi connectivity index (χ3n) is 3.26. The lowest BCUT2D eigenvalue weighted by Crippen LogP contribution is -2.31. The van der Waals surface area contributed by atoms with E-state index in [1.807, 2.05) is 6.92 Å². The van der Waals surface area contributed by atoms with Crippen molar-refractivity contribution < 1.29 is 19.4 Å². The van der Waals surface area contributed by atoms with Crippen LogP contribution in [-0.4, -0.2) is 23.6 Å². The second kappa shape index (κ2) is 8.17. The molecular formula is C17H15BrClNO4. The Morgan fingerprint density at radius 1 is 1.25 bits per heavy atom. The van der Waals surface area contributed by atoms with Crippen LogP contribution in [0, 0.1) is 0 Å². The first-order valence-electron chi connectivity index (χ1n) is 7.07. The third-order valence-corrected chi connectivity index (χ3v) is 4.01. The van der Waals surface area contributed by atoms with E-state index in [0.29, 0.717) is 9.50 Å². The number of rotatable bonds is 5. The molecule has 0 aliphatic carbocycles. The number of ether oxygens (including phenoxy) is 1. The molecule has 0 spiro atoms. The molecule has 7 heteroatoms. The lowest BCUT2D eigenvalue weighted by Gasteiger charge is -2.14. The van der Waals surface area contributed by atoms with Crippen LogP contribution >= 0.6 is 27.5 Å². The van der Waals surface area contributed by atoms with Crippen molar-refractivity contribution >= 4 is 39.4 Å². The molecule has 0 fully saturated rings. The van der Waals surface area contributed by atoms with Gasteiger partial charge in [-0.25, -0.2) is 4.79 Å². The minimum Gasteiger partial charge on any atom is -0.507 e. The summed E-state index contributed by atoms with van der Waals surface area (Å²) >= 11 is 9.02. The number of carbonyl (C=O) groups excluding carboxylic acids is 2. The summed E-state index contributed by atoms with van der Waals surface area (Å²) in [4.78, 5) is 23.8. The van der Waals surface area contributed by atoms with E-state index in [1.165, 1.54) is 12.1 Å². The number of benzene rings is 2. The van der Waals surface area contributed by atoms with Gasteiger partial charge in [0.25, 0.3) is 5.91 Å². The zero-order valence-electron chi connectivity index (χ0n) is 12.8. The molecule has 0 aliphatic rings. The lowest BCUT2D eigenvalue weighted by atomic mass is 10.1. The minimum atomic E-state index is -0.775. The second-order valence-corrected chi connectivity index (χ2v) is 6.43. The molecule has 0 aliphatic heterocycles. The van der Waals surface area contributed by atoms with Crippen LogP contribution in [0.1, 0.15) is 28.9 Å². The maximum atomic E-state index is 11.9. The first-order chi connectivity index (χ1) is 11.4. The molecule has 0 radical (unpaired) electrons. The van der Waals surface area contributed by atoms with Crippen molar-refractivity contribution in [1.29, 1.82) is 0 Å². The number of phenolic OH excluding ortho intramolecular Hbond substituents is 1. The molecule has 24 heavy (non-hydrogen) atoms. The molecular weight excluding hydrogens is 398 g/mol. The molecule has 0 bridgehead atoms. The van der Waals surface area contributed by atoms with Crippen LogP contribution in [0.15, 0.2) is 46.9 Å². The average Bonchev–Trinajstić information content (AvgIpc) is 2.55. The number of esters is 1. The Labute approximate surface area is 152 Å². The Hall–Kier alpha value is -2.05. The molecule has 126 valence electrons. The number of nitrogens with one attached hydrogen (secondary N) is 1. The van der Waals surface area contributed by atoms with Crippen molar-refractivity contribution in [3.05, 3.63) is 63.1 Å². The van der Waals surface area contributed by atoms with Gasteiger partial charge >= 0.3 is 5.97 Å². The molecule has 0 heterocycles. The number of halogens is 2. The predicted molar refractivity (Wildman–Crippen MR) is 94.1 cm³/mol. The highest BCUT2D eigenvalue weighted by molar-refractivity contribution is 9.10. The van der Waals surface area contributed by atoms with Crippen molar-refractivity contribution in [3.63, 3.8) is 0 Å². The fourth-order valence-corrected chi connectivity index (χ4v) is 2.49. The van der Waals surface area contributed by atoms with Gasteiger partial charge in [-0.2, -0.15) is 0 Å². The Balaban J connectivity index is 1.89. The van der Waals surface area contributed by atoms with Gasteiger partial charge < -0.3 is 15.2 Å². The number of phenols is 1. The molecule has 0 unspecified atom stereocenters. The van der Waals surface area contributed by atoms with E-state index in [9.17, 15) is 14.7 Å². The summed E-state index contributed by atoms with van der Waals surface area (Å²) < 4.78 is 5.55. The first-order valence-corrected chi connectivity index (χ1v) is 8.24. The molecule has 2 rings (SSSR count). The van der Waals surface area contributed by atoms with E-state index in [0.717, 1.165) is 5.56 Å². The summed E-state index contributed by atoms with van der Waals surface area (Å²) in [7, 11) is 0. The standard InChI is InChI=1S/C17H15BrClNO4/c1-10(11-2-5-13(19)6-3-11)20-16(22)9-24-17(23)14-8-12(18)4-7-15(14)21/h2-8,10,21H,9H2,1H3,(H,20,22)/t10-/m0/s1. The van der Waals surface area contributed by atoms with Crippen molar-refractivity contribution in [2.45, 2.75) is 13.0 Å². The highest BCUT2D eigenvalue weighted by Gasteiger charge is 2.16. The highest BCUT2D eigenvalue weighted by Crippen LogP contribution is 2.22. The fraction of sp³-hybridized carbons (Fsp3) is 0.176. The summed E-state index contributed by atoms with van der Waals surface area (Å²) in [6, 6.07) is 11.2. The topological polar surface area (TPSA) is 75.6 Å². The van der Waals surface area contributed by atoms with Crippen LogP contribution in [0.3, 0.4) is 0 Å². The van der Waals surface area contributed by atoms with Gasteiger partial charge in [-0.1, -0.05) is 39.7 Å². The molecule has 0 saturated carbocycles. The summed E-state index contributed by atoms with van der Waals surface area (Å²) in [5.74, 6) is -1.43. The molecule has 2 aromatic rings. The van der Waals surface area contributed by atoms with Crippen LogP contribution in [-0.2, 0) is 9.53 Å². The van der Waals surface area contributed by atoms with Gasteiger partial charge in [0.15, 0.2) is 6.61 Å². The SMILES string of the molecule is C[C@H](NC(=O)COC(=O)c1cc(Br)ccc1O)c1ccc(Cl)cc1. The largest absolute Gasteiger partial charge is 0.507 e. The Morgan fingerprint density at radius 3 is 2.58 bits per heavy atom. The van der Waals surface area contributed by atoms with E-state index in [1.54, 1.807) is 30.3 Å². The van der Waals surface area contributed by atoms with Gasteiger partial charge in [0.2, 0.25) is 0 Å². The summed E-state index contributed by atoms with van der Waals surface area (Å²) in [5.41, 5.74) is 0.867. The van der Waals surface area contributed by atoms with Crippen LogP contribution in [0.25, 0.3) is 0 Å².